The van der Waals surface area contributed by atoms with Gasteiger partial charge >= 0.3 is 0 Å². The number of aromatic hydroxyl groups is 1. The molecule has 2 aromatic rings. The summed E-state index contributed by atoms with van der Waals surface area (Å²) in [5.41, 5.74) is 1.02. The molecule has 0 bridgehead atoms. The fourth-order valence-electron chi connectivity index (χ4n) is 1.21. The molecule has 0 atom stereocenters. The molecule has 0 spiro atoms. The Hall–Kier alpha value is -1.79. The van der Waals surface area contributed by atoms with Crippen LogP contribution in [0, 0.1) is 11.3 Å². The fraction of sp³-hybridized carbons (Fsp3) is 0. The zero-order chi connectivity index (χ0) is 9.97. The minimum Gasteiger partial charge on any atom is -0.506 e. The molecule has 0 aliphatic carbocycles. The summed E-state index contributed by atoms with van der Waals surface area (Å²) in [6.07, 6.45) is 0. The highest BCUT2D eigenvalue weighted by Crippen LogP contribution is 2.34. The Kier molecular flexibility index (Phi) is 2.21. The molecule has 1 N–H and O–H groups in total. The van der Waals surface area contributed by atoms with Gasteiger partial charge in [-0.15, -0.1) is 11.3 Å². The smallest absolute Gasteiger partial charge is 0.147 e. The Morgan fingerprint density at radius 3 is 2.50 bits per heavy atom. The van der Waals surface area contributed by atoms with E-state index < -0.39 is 0 Å². The number of hydrogen-bond donors (Lipinski definition) is 1. The molecule has 1 heterocycles. The lowest BCUT2D eigenvalue weighted by molar-refractivity contribution is 0.476. The van der Waals surface area contributed by atoms with Crippen LogP contribution in [0.3, 0.4) is 0 Å². The number of hydrogen-bond acceptors (Lipinski definition) is 3. The van der Waals surface area contributed by atoms with E-state index in [1.807, 2.05) is 36.4 Å². The number of nitrogens with zero attached hydrogens (tertiary/aromatic N) is 1. The lowest BCUT2D eigenvalue weighted by Crippen LogP contribution is -1.67. The predicted molar refractivity (Wildman–Crippen MR) is 56.1 cm³/mol. The second kappa shape index (κ2) is 3.52. The summed E-state index contributed by atoms with van der Waals surface area (Å²) in [7, 11) is 0. The van der Waals surface area contributed by atoms with Crippen LogP contribution in [0.5, 0.6) is 5.75 Å². The maximum absolute atomic E-state index is 9.38. The molecule has 0 unspecified atom stereocenters. The van der Waals surface area contributed by atoms with Gasteiger partial charge in [-0.1, -0.05) is 30.3 Å². The molecular formula is C11H7NOS. The lowest BCUT2D eigenvalue weighted by Gasteiger charge is -1.93. The van der Waals surface area contributed by atoms with Crippen molar-refractivity contribution in [2.24, 2.45) is 0 Å². The van der Waals surface area contributed by atoms with E-state index in [0.29, 0.717) is 4.88 Å². The molecule has 14 heavy (non-hydrogen) atoms. The topological polar surface area (TPSA) is 44.0 Å². The van der Waals surface area contributed by atoms with Crippen molar-refractivity contribution in [2.75, 3.05) is 0 Å². The van der Waals surface area contributed by atoms with Gasteiger partial charge in [0.1, 0.15) is 16.7 Å². The lowest BCUT2D eigenvalue weighted by atomic mass is 10.2. The average Bonchev–Trinajstić information content (AvgIpc) is 2.61. The molecule has 1 aromatic carbocycles. The predicted octanol–water partition coefficient (Wildman–Crippen LogP) is 2.99. The molecule has 3 heteroatoms. The van der Waals surface area contributed by atoms with Crippen LogP contribution in [0.15, 0.2) is 36.4 Å². The van der Waals surface area contributed by atoms with E-state index >= 15 is 0 Å². The van der Waals surface area contributed by atoms with E-state index in [1.165, 1.54) is 11.3 Å². The third kappa shape index (κ3) is 1.48. The van der Waals surface area contributed by atoms with Crippen LogP contribution in [0.1, 0.15) is 4.88 Å². The molecule has 0 saturated carbocycles. The van der Waals surface area contributed by atoms with Crippen molar-refractivity contribution in [1.29, 1.82) is 5.26 Å². The molecule has 0 radical (unpaired) electrons. The van der Waals surface area contributed by atoms with E-state index in [-0.39, 0.29) is 5.75 Å². The third-order valence-electron chi connectivity index (χ3n) is 1.87. The van der Waals surface area contributed by atoms with Gasteiger partial charge in [-0.05, 0) is 11.6 Å². The van der Waals surface area contributed by atoms with Gasteiger partial charge in [0.15, 0.2) is 0 Å². The van der Waals surface area contributed by atoms with E-state index in [4.69, 9.17) is 5.26 Å². The first kappa shape index (κ1) is 8.79. The standard InChI is InChI=1S/C11H7NOS/c12-7-11-9(13)6-10(14-11)8-4-2-1-3-5-8/h1-6,13H. The van der Waals surface area contributed by atoms with Crippen LogP contribution < -0.4 is 0 Å². The monoisotopic (exact) mass is 201 g/mol. The third-order valence-corrected chi connectivity index (χ3v) is 2.95. The number of benzene rings is 1. The van der Waals surface area contributed by atoms with Gasteiger partial charge in [0.2, 0.25) is 0 Å². The van der Waals surface area contributed by atoms with E-state index in [0.717, 1.165) is 10.4 Å². The minimum absolute atomic E-state index is 0.0661. The SMILES string of the molecule is N#Cc1sc(-c2ccccc2)cc1O. The maximum atomic E-state index is 9.38. The first-order chi connectivity index (χ1) is 6.81. The molecule has 2 rings (SSSR count). The van der Waals surface area contributed by atoms with Crippen molar-refractivity contribution in [3.63, 3.8) is 0 Å². The second-order valence-corrected chi connectivity index (χ2v) is 3.86. The van der Waals surface area contributed by atoms with Crippen LogP contribution in [-0.2, 0) is 0 Å². The van der Waals surface area contributed by atoms with Crippen LogP contribution in [0.4, 0.5) is 0 Å². The van der Waals surface area contributed by atoms with Gasteiger partial charge in [0.25, 0.3) is 0 Å². The van der Waals surface area contributed by atoms with Crippen molar-refractivity contribution in [2.45, 2.75) is 0 Å². The van der Waals surface area contributed by atoms with Gasteiger partial charge < -0.3 is 5.11 Å². The Morgan fingerprint density at radius 2 is 1.93 bits per heavy atom. The molecule has 0 aliphatic heterocycles. The zero-order valence-electron chi connectivity index (χ0n) is 7.27. The van der Waals surface area contributed by atoms with Gasteiger partial charge in [-0.2, -0.15) is 5.26 Å². The minimum atomic E-state index is 0.0661. The number of thiophene rings is 1. The summed E-state index contributed by atoms with van der Waals surface area (Å²) in [5, 5.41) is 18.1. The molecule has 2 nitrogen and oxygen atoms in total. The van der Waals surface area contributed by atoms with Crippen molar-refractivity contribution in [1.82, 2.24) is 0 Å². The zero-order valence-corrected chi connectivity index (χ0v) is 8.08. The van der Waals surface area contributed by atoms with Crippen LogP contribution in [-0.4, -0.2) is 5.11 Å². The summed E-state index contributed by atoms with van der Waals surface area (Å²) in [6, 6.07) is 13.3. The second-order valence-electron chi connectivity index (χ2n) is 2.80. The molecular weight excluding hydrogens is 194 g/mol. The highest BCUT2D eigenvalue weighted by atomic mass is 32.1. The summed E-state index contributed by atoms with van der Waals surface area (Å²) in [5.74, 6) is 0.0661. The van der Waals surface area contributed by atoms with Gasteiger partial charge in [0, 0.05) is 4.88 Å². The summed E-state index contributed by atoms with van der Waals surface area (Å²) < 4.78 is 0. The van der Waals surface area contributed by atoms with Gasteiger partial charge in [-0.3, -0.25) is 0 Å². The Bertz CT molecular complexity index is 482. The van der Waals surface area contributed by atoms with Crippen LogP contribution in [0.25, 0.3) is 10.4 Å². The Labute approximate surface area is 85.7 Å². The van der Waals surface area contributed by atoms with Crippen molar-refractivity contribution in [3.8, 4) is 22.3 Å². The Balaban J connectivity index is 2.50. The molecule has 1 aromatic heterocycles. The molecule has 0 amide bonds. The molecule has 68 valence electrons. The summed E-state index contributed by atoms with van der Waals surface area (Å²) in [4.78, 5) is 1.28. The van der Waals surface area contributed by atoms with Crippen molar-refractivity contribution >= 4 is 11.3 Å². The highest BCUT2D eigenvalue weighted by molar-refractivity contribution is 7.16. The Morgan fingerprint density at radius 1 is 1.21 bits per heavy atom. The maximum Gasteiger partial charge on any atom is 0.147 e. The summed E-state index contributed by atoms with van der Waals surface area (Å²) in [6.45, 7) is 0. The normalized spacial score (nSPS) is 9.64. The number of nitriles is 1. The molecule has 0 aliphatic rings. The van der Waals surface area contributed by atoms with E-state index in [9.17, 15) is 5.11 Å². The first-order valence-corrected chi connectivity index (χ1v) is 4.91. The highest BCUT2D eigenvalue weighted by Gasteiger charge is 2.07. The molecule has 0 saturated heterocycles. The van der Waals surface area contributed by atoms with Gasteiger partial charge in [0.05, 0.1) is 0 Å². The van der Waals surface area contributed by atoms with Crippen LogP contribution in [0.2, 0.25) is 0 Å². The quantitative estimate of drug-likeness (QED) is 0.770. The van der Waals surface area contributed by atoms with Gasteiger partial charge in [-0.25, -0.2) is 0 Å². The van der Waals surface area contributed by atoms with Crippen molar-refractivity contribution in [3.05, 3.63) is 41.3 Å². The van der Waals surface area contributed by atoms with E-state index in [2.05, 4.69) is 0 Å². The average molecular weight is 201 g/mol. The van der Waals surface area contributed by atoms with Crippen LogP contribution >= 0.6 is 11.3 Å². The van der Waals surface area contributed by atoms with E-state index in [1.54, 1.807) is 6.07 Å². The fourth-order valence-corrected chi connectivity index (χ4v) is 2.06. The van der Waals surface area contributed by atoms with Crippen molar-refractivity contribution < 1.29 is 5.11 Å². The number of rotatable bonds is 1. The molecule has 0 fully saturated rings. The summed E-state index contributed by atoms with van der Waals surface area (Å²) >= 11 is 1.30. The first-order valence-electron chi connectivity index (χ1n) is 4.09. The largest absolute Gasteiger partial charge is 0.506 e.